The van der Waals surface area contributed by atoms with Gasteiger partial charge in [0, 0.05) is 19.0 Å². The van der Waals surface area contributed by atoms with Crippen LogP contribution in [-0.2, 0) is 11.3 Å². The van der Waals surface area contributed by atoms with E-state index in [2.05, 4.69) is 46.7 Å². The predicted octanol–water partition coefficient (Wildman–Crippen LogP) is 1.60. The quantitative estimate of drug-likeness (QED) is 0.898. The average Bonchev–Trinajstić information content (AvgIpc) is 2.87. The minimum atomic E-state index is -0.0605. The van der Waals surface area contributed by atoms with Crippen LogP contribution in [0.25, 0.3) is 11.4 Å². The maximum absolute atomic E-state index is 10.8. The molecule has 1 aromatic heterocycles. The number of hydrogen-bond donors (Lipinski definition) is 1. The molecule has 0 radical (unpaired) electrons. The van der Waals surface area contributed by atoms with Gasteiger partial charge in [0.1, 0.15) is 0 Å². The summed E-state index contributed by atoms with van der Waals surface area (Å²) in [6.45, 7) is 6.81. The minimum Gasteiger partial charge on any atom is -0.354 e. The van der Waals surface area contributed by atoms with Crippen LogP contribution in [0.1, 0.15) is 32.3 Å². The van der Waals surface area contributed by atoms with Crippen molar-refractivity contribution in [1.29, 1.82) is 0 Å². The number of rotatable bonds is 5. The second-order valence-corrected chi connectivity index (χ2v) is 4.97. The molecular weight excluding hydrogens is 254 g/mol. The van der Waals surface area contributed by atoms with Crippen LogP contribution in [0, 0.1) is 0 Å². The molecule has 1 aromatic carbocycles. The highest BCUT2D eigenvalue weighted by Gasteiger charge is 2.06. The predicted molar refractivity (Wildman–Crippen MR) is 76.0 cm³/mol. The van der Waals surface area contributed by atoms with Gasteiger partial charge in [-0.15, -0.1) is 10.2 Å². The highest BCUT2D eigenvalue weighted by atomic mass is 16.1. The molecule has 0 bridgehead atoms. The average molecular weight is 273 g/mol. The summed E-state index contributed by atoms with van der Waals surface area (Å²) in [6.07, 6.45) is 0. The van der Waals surface area contributed by atoms with Gasteiger partial charge in [-0.1, -0.05) is 38.1 Å². The van der Waals surface area contributed by atoms with Crippen molar-refractivity contribution < 1.29 is 4.79 Å². The minimum absolute atomic E-state index is 0.0605. The largest absolute Gasteiger partial charge is 0.354 e. The monoisotopic (exact) mass is 273 g/mol. The molecule has 0 fully saturated rings. The zero-order valence-corrected chi connectivity index (χ0v) is 12.0. The summed E-state index contributed by atoms with van der Waals surface area (Å²) in [5, 5.41) is 15.0. The molecule has 106 valence electrons. The first-order valence-electron chi connectivity index (χ1n) is 6.69. The van der Waals surface area contributed by atoms with Crippen LogP contribution in [0.15, 0.2) is 24.3 Å². The van der Waals surface area contributed by atoms with Crippen LogP contribution < -0.4 is 5.32 Å². The zero-order valence-electron chi connectivity index (χ0n) is 12.0. The molecule has 0 saturated heterocycles. The first-order valence-corrected chi connectivity index (χ1v) is 6.69. The van der Waals surface area contributed by atoms with Crippen molar-refractivity contribution in [2.45, 2.75) is 33.2 Å². The van der Waals surface area contributed by atoms with E-state index in [1.54, 1.807) is 0 Å². The lowest BCUT2D eigenvalue weighted by atomic mass is 10.0. The number of benzene rings is 1. The molecular formula is C14H19N5O. The summed E-state index contributed by atoms with van der Waals surface area (Å²) in [6, 6.07) is 8.17. The number of nitrogens with zero attached hydrogens (tertiary/aromatic N) is 4. The van der Waals surface area contributed by atoms with Crippen molar-refractivity contribution in [2.75, 3.05) is 6.54 Å². The lowest BCUT2D eigenvalue weighted by molar-refractivity contribution is -0.119. The van der Waals surface area contributed by atoms with E-state index >= 15 is 0 Å². The first-order chi connectivity index (χ1) is 9.56. The molecule has 0 unspecified atom stereocenters. The Hall–Kier alpha value is -2.24. The Bertz CT molecular complexity index is 574. The molecule has 6 nitrogen and oxygen atoms in total. The van der Waals surface area contributed by atoms with Gasteiger partial charge in [-0.25, -0.2) is 0 Å². The smallest absolute Gasteiger partial charge is 0.216 e. The Morgan fingerprint density at radius 3 is 2.60 bits per heavy atom. The van der Waals surface area contributed by atoms with Gasteiger partial charge < -0.3 is 5.32 Å². The molecule has 1 amide bonds. The van der Waals surface area contributed by atoms with Crippen LogP contribution in [0.2, 0.25) is 0 Å². The fourth-order valence-corrected chi connectivity index (χ4v) is 1.80. The second-order valence-electron chi connectivity index (χ2n) is 4.97. The number of hydrogen-bond acceptors (Lipinski definition) is 4. The van der Waals surface area contributed by atoms with Crippen molar-refractivity contribution in [3.05, 3.63) is 29.8 Å². The van der Waals surface area contributed by atoms with E-state index in [0.29, 0.717) is 24.8 Å². The molecule has 0 aliphatic rings. The summed E-state index contributed by atoms with van der Waals surface area (Å²) in [5.74, 6) is 1.04. The Balaban J connectivity index is 2.02. The van der Waals surface area contributed by atoms with E-state index in [1.165, 1.54) is 17.3 Å². The maximum Gasteiger partial charge on any atom is 0.216 e. The molecule has 0 aliphatic carbocycles. The van der Waals surface area contributed by atoms with E-state index in [9.17, 15) is 4.79 Å². The number of carbonyl (C=O) groups excluding carboxylic acids is 1. The Morgan fingerprint density at radius 1 is 1.30 bits per heavy atom. The number of nitrogens with one attached hydrogen (secondary N) is 1. The third-order valence-electron chi connectivity index (χ3n) is 2.97. The topological polar surface area (TPSA) is 72.7 Å². The van der Waals surface area contributed by atoms with Crippen molar-refractivity contribution >= 4 is 5.91 Å². The molecule has 6 heteroatoms. The fourth-order valence-electron chi connectivity index (χ4n) is 1.80. The lowest BCUT2D eigenvalue weighted by Crippen LogP contribution is -2.25. The third-order valence-corrected chi connectivity index (χ3v) is 2.97. The SMILES string of the molecule is CC(=O)NCCn1nnc(-c2ccc(C(C)C)cc2)n1. The number of tetrazole rings is 1. The van der Waals surface area contributed by atoms with E-state index in [0.717, 1.165) is 5.56 Å². The zero-order chi connectivity index (χ0) is 14.5. The molecule has 2 aromatic rings. The molecule has 2 rings (SSSR count). The maximum atomic E-state index is 10.8. The van der Waals surface area contributed by atoms with Crippen LogP contribution in [0.5, 0.6) is 0 Å². The van der Waals surface area contributed by atoms with Crippen molar-refractivity contribution in [3.8, 4) is 11.4 Å². The first kappa shape index (κ1) is 14.2. The standard InChI is InChI=1S/C14H19N5O/c1-10(2)12-4-6-13(7-5-12)14-16-18-19(17-14)9-8-15-11(3)20/h4-7,10H,8-9H2,1-3H3,(H,15,20). The Morgan fingerprint density at radius 2 is 2.00 bits per heavy atom. The Kier molecular flexibility index (Phi) is 4.45. The van der Waals surface area contributed by atoms with E-state index in [4.69, 9.17) is 0 Å². The normalized spacial score (nSPS) is 10.8. The molecule has 1 heterocycles. The van der Waals surface area contributed by atoms with Crippen LogP contribution in [0.3, 0.4) is 0 Å². The van der Waals surface area contributed by atoms with Crippen LogP contribution in [0.4, 0.5) is 0 Å². The highest BCUT2D eigenvalue weighted by molar-refractivity contribution is 5.72. The van der Waals surface area contributed by atoms with Gasteiger partial charge in [-0.3, -0.25) is 4.79 Å². The summed E-state index contributed by atoms with van der Waals surface area (Å²) >= 11 is 0. The van der Waals surface area contributed by atoms with Gasteiger partial charge in [0.2, 0.25) is 11.7 Å². The molecule has 1 N–H and O–H groups in total. The Labute approximate surface area is 118 Å². The number of amides is 1. The number of carbonyl (C=O) groups is 1. The van der Waals surface area contributed by atoms with Gasteiger partial charge in [-0.2, -0.15) is 4.80 Å². The van der Waals surface area contributed by atoms with Gasteiger partial charge in [0.25, 0.3) is 0 Å². The molecule has 0 atom stereocenters. The summed E-state index contributed by atoms with van der Waals surface area (Å²) in [4.78, 5) is 12.3. The highest BCUT2D eigenvalue weighted by Crippen LogP contribution is 2.19. The third kappa shape index (κ3) is 3.63. The van der Waals surface area contributed by atoms with E-state index < -0.39 is 0 Å². The van der Waals surface area contributed by atoms with Gasteiger partial charge >= 0.3 is 0 Å². The van der Waals surface area contributed by atoms with Crippen LogP contribution in [-0.4, -0.2) is 32.7 Å². The van der Waals surface area contributed by atoms with Gasteiger partial charge in [0.15, 0.2) is 0 Å². The number of aromatic nitrogens is 4. The summed E-state index contributed by atoms with van der Waals surface area (Å²) < 4.78 is 0. The van der Waals surface area contributed by atoms with Crippen molar-refractivity contribution in [2.24, 2.45) is 0 Å². The fraction of sp³-hybridized carbons (Fsp3) is 0.429. The molecule has 0 aliphatic heterocycles. The van der Waals surface area contributed by atoms with E-state index in [1.807, 2.05) is 12.1 Å². The molecule has 20 heavy (non-hydrogen) atoms. The van der Waals surface area contributed by atoms with E-state index in [-0.39, 0.29) is 5.91 Å². The molecule has 0 saturated carbocycles. The van der Waals surface area contributed by atoms with Gasteiger partial charge in [0.05, 0.1) is 6.54 Å². The van der Waals surface area contributed by atoms with Crippen LogP contribution >= 0.6 is 0 Å². The van der Waals surface area contributed by atoms with Crippen molar-refractivity contribution in [1.82, 2.24) is 25.5 Å². The second kappa shape index (κ2) is 6.27. The summed E-state index contributed by atoms with van der Waals surface area (Å²) in [7, 11) is 0. The molecule has 0 spiro atoms. The van der Waals surface area contributed by atoms with Crippen molar-refractivity contribution in [3.63, 3.8) is 0 Å². The van der Waals surface area contributed by atoms with Gasteiger partial charge in [-0.05, 0) is 16.7 Å². The lowest BCUT2D eigenvalue weighted by Gasteiger charge is -2.04. The summed E-state index contributed by atoms with van der Waals surface area (Å²) in [5.41, 5.74) is 2.23.